The molecule has 2 fully saturated rings. The molecule has 2 saturated carbocycles. The summed E-state index contributed by atoms with van der Waals surface area (Å²) in [4.78, 5) is 2.76. The number of rotatable bonds is 5. The van der Waals surface area contributed by atoms with Gasteiger partial charge in [0.05, 0.1) is 0 Å². The fraction of sp³-hybridized carbons (Fsp3) is 1.00. The van der Waals surface area contributed by atoms with Gasteiger partial charge in [-0.05, 0) is 76.3 Å². The number of likely N-dealkylation sites (N-methyl/N-ethyl adjacent to an activating group) is 1. The van der Waals surface area contributed by atoms with Crippen LogP contribution in [0.1, 0.15) is 79.1 Å². The second-order valence-corrected chi connectivity index (χ2v) is 8.61. The smallest absolute Gasteiger partial charge is 0.0251 e. The van der Waals surface area contributed by atoms with Gasteiger partial charge in [0, 0.05) is 18.1 Å². The summed E-state index contributed by atoms with van der Waals surface area (Å²) in [5, 5.41) is 3.84. The van der Waals surface area contributed by atoms with E-state index in [-0.39, 0.29) is 0 Å². The van der Waals surface area contributed by atoms with Crippen LogP contribution in [0.15, 0.2) is 0 Å². The summed E-state index contributed by atoms with van der Waals surface area (Å²) in [6, 6.07) is 2.30. The number of nitrogens with one attached hydrogen (secondary N) is 1. The van der Waals surface area contributed by atoms with Crippen molar-refractivity contribution in [3.8, 4) is 0 Å². The number of hydrogen-bond acceptors (Lipinski definition) is 2. The molecule has 3 atom stereocenters. The topological polar surface area (TPSA) is 15.3 Å². The van der Waals surface area contributed by atoms with Gasteiger partial charge in [0.1, 0.15) is 0 Å². The van der Waals surface area contributed by atoms with Crippen LogP contribution in [0.4, 0.5) is 0 Å². The van der Waals surface area contributed by atoms with Crippen molar-refractivity contribution in [2.24, 2.45) is 11.3 Å². The molecule has 124 valence electrons. The van der Waals surface area contributed by atoms with E-state index in [1.807, 2.05) is 0 Å². The molecule has 2 nitrogen and oxygen atoms in total. The minimum atomic E-state index is 0.580. The van der Waals surface area contributed by atoms with Gasteiger partial charge in [-0.1, -0.05) is 27.7 Å². The normalized spacial score (nSPS) is 34.3. The lowest BCUT2D eigenvalue weighted by Gasteiger charge is -2.47. The molecule has 21 heavy (non-hydrogen) atoms. The predicted molar refractivity (Wildman–Crippen MR) is 92.7 cm³/mol. The van der Waals surface area contributed by atoms with Gasteiger partial charge in [0.15, 0.2) is 0 Å². The third-order valence-electron chi connectivity index (χ3n) is 6.14. The fourth-order valence-electron chi connectivity index (χ4n) is 4.43. The van der Waals surface area contributed by atoms with Gasteiger partial charge >= 0.3 is 0 Å². The third kappa shape index (κ3) is 4.69. The highest BCUT2D eigenvalue weighted by Gasteiger charge is 2.36. The Hall–Kier alpha value is -0.0800. The summed E-state index contributed by atoms with van der Waals surface area (Å²) in [6.45, 7) is 10.8. The monoisotopic (exact) mass is 294 g/mol. The molecule has 0 aliphatic heterocycles. The molecule has 0 amide bonds. The Kier molecular flexibility index (Phi) is 6.14. The molecule has 0 radical (unpaired) electrons. The van der Waals surface area contributed by atoms with Crippen molar-refractivity contribution in [3.05, 3.63) is 0 Å². The Morgan fingerprint density at radius 2 is 1.76 bits per heavy atom. The Bertz CT molecular complexity index is 301. The van der Waals surface area contributed by atoms with E-state index >= 15 is 0 Å². The quantitative estimate of drug-likeness (QED) is 0.806. The summed E-state index contributed by atoms with van der Waals surface area (Å²) in [7, 11) is 2.41. The summed E-state index contributed by atoms with van der Waals surface area (Å²) in [5.41, 5.74) is 0.580. The van der Waals surface area contributed by atoms with E-state index in [4.69, 9.17) is 0 Å². The van der Waals surface area contributed by atoms with E-state index in [0.717, 1.165) is 24.0 Å². The predicted octanol–water partition coefficient (Wildman–Crippen LogP) is 4.44. The second-order valence-electron chi connectivity index (χ2n) is 8.61. The molecule has 0 aromatic heterocycles. The Balaban J connectivity index is 1.95. The molecule has 3 unspecified atom stereocenters. The molecule has 0 saturated heterocycles. The first kappa shape index (κ1) is 17.3. The first-order valence-corrected chi connectivity index (χ1v) is 9.38. The van der Waals surface area contributed by atoms with Crippen LogP contribution in [0, 0.1) is 11.3 Å². The first-order chi connectivity index (χ1) is 9.93. The molecule has 1 N–H and O–H groups in total. The van der Waals surface area contributed by atoms with Crippen molar-refractivity contribution in [2.45, 2.75) is 97.2 Å². The van der Waals surface area contributed by atoms with Crippen molar-refractivity contribution >= 4 is 0 Å². The van der Waals surface area contributed by atoms with Crippen LogP contribution in [-0.2, 0) is 0 Å². The Morgan fingerprint density at radius 3 is 2.38 bits per heavy atom. The average Bonchev–Trinajstić information content (AvgIpc) is 2.45. The van der Waals surface area contributed by atoms with Gasteiger partial charge in [-0.25, -0.2) is 0 Å². The van der Waals surface area contributed by atoms with Crippen LogP contribution in [0.2, 0.25) is 0 Å². The minimum Gasteiger partial charge on any atom is -0.312 e. The van der Waals surface area contributed by atoms with Crippen molar-refractivity contribution in [1.29, 1.82) is 0 Å². The lowest BCUT2D eigenvalue weighted by atomic mass is 9.74. The molecule has 2 aliphatic carbocycles. The highest BCUT2D eigenvalue weighted by molar-refractivity contribution is 4.93. The van der Waals surface area contributed by atoms with Gasteiger partial charge < -0.3 is 5.32 Å². The van der Waals surface area contributed by atoms with E-state index < -0.39 is 0 Å². The van der Waals surface area contributed by atoms with Gasteiger partial charge in [-0.15, -0.1) is 0 Å². The zero-order valence-corrected chi connectivity index (χ0v) is 15.1. The molecule has 2 rings (SSSR count). The molecular weight excluding hydrogens is 256 g/mol. The Morgan fingerprint density at radius 1 is 1.10 bits per heavy atom. The maximum Gasteiger partial charge on any atom is 0.0251 e. The first-order valence-electron chi connectivity index (χ1n) is 9.38. The van der Waals surface area contributed by atoms with Crippen molar-refractivity contribution in [3.63, 3.8) is 0 Å². The van der Waals surface area contributed by atoms with E-state index in [1.54, 1.807) is 0 Å². The van der Waals surface area contributed by atoms with Gasteiger partial charge in [0.25, 0.3) is 0 Å². The summed E-state index contributed by atoms with van der Waals surface area (Å²) >= 11 is 0. The summed E-state index contributed by atoms with van der Waals surface area (Å²) < 4.78 is 0. The molecule has 0 aromatic rings. The van der Waals surface area contributed by atoms with Crippen LogP contribution in [-0.4, -0.2) is 36.6 Å². The zero-order chi connectivity index (χ0) is 15.5. The second kappa shape index (κ2) is 7.46. The minimum absolute atomic E-state index is 0.580. The third-order valence-corrected chi connectivity index (χ3v) is 6.14. The van der Waals surface area contributed by atoms with E-state index in [0.29, 0.717) is 5.41 Å². The number of hydrogen-bond donors (Lipinski definition) is 1. The van der Waals surface area contributed by atoms with Crippen LogP contribution in [0.3, 0.4) is 0 Å². The average molecular weight is 295 g/mol. The number of nitrogens with zero attached hydrogens (tertiary/aromatic N) is 1. The van der Waals surface area contributed by atoms with Gasteiger partial charge in [-0.3, -0.25) is 4.90 Å². The van der Waals surface area contributed by atoms with Crippen LogP contribution >= 0.6 is 0 Å². The van der Waals surface area contributed by atoms with Crippen LogP contribution in [0.25, 0.3) is 0 Å². The van der Waals surface area contributed by atoms with E-state index in [2.05, 4.69) is 45.0 Å². The standard InChI is InChI=1S/C19H38N2/c1-6-13-20-17-8-7-15(2)14-18(17)21(5)16-9-11-19(3,4)12-10-16/h15-18,20H,6-14H2,1-5H3. The van der Waals surface area contributed by atoms with Crippen molar-refractivity contribution < 1.29 is 0 Å². The Labute approximate surface area is 133 Å². The van der Waals surface area contributed by atoms with E-state index in [9.17, 15) is 0 Å². The van der Waals surface area contributed by atoms with Crippen molar-refractivity contribution in [1.82, 2.24) is 10.2 Å². The lowest BCUT2D eigenvalue weighted by molar-refractivity contribution is 0.0501. The highest BCUT2D eigenvalue weighted by Crippen LogP contribution is 2.38. The van der Waals surface area contributed by atoms with Gasteiger partial charge in [-0.2, -0.15) is 0 Å². The fourth-order valence-corrected chi connectivity index (χ4v) is 4.43. The molecule has 0 heterocycles. The van der Waals surface area contributed by atoms with Crippen LogP contribution in [0.5, 0.6) is 0 Å². The molecule has 0 bridgehead atoms. The SMILES string of the molecule is CCCNC1CCC(C)CC1N(C)C1CCC(C)(C)CC1. The summed E-state index contributed by atoms with van der Waals surface area (Å²) in [6.07, 6.45) is 11.0. The van der Waals surface area contributed by atoms with E-state index in [1.165, 1.54) is 57.9 Å². The largest absolute Gasteiger partial charge is 0.312 e. The zero-order valence-electron chi connectivity index (χ0n) is 15.1. The molecule has 0 spiro atoms. The highest BCUT2D eigenvalue weighted by atomic mass is 15.2. The van der Waals surface area contributed by atoms with Gasteiger partial charge in [0.2, 0.25) is 0 Å². The van der Waals surface area contributed by atoms with Crippen molar-refractivity contribution in [2.75, 3.05) is 13.6 Å². The lowest BCUT2D eigenvalue weighted by Crippen LogP contribution is -2.55. The summed E-state index contributed by atoms with van der Waals surface area (Å²) in [5.74, 6) is 0.900. The molecule has 2 heteroatoms. The maximum atomic E-state index is 3.84. The van der Waals surface area contributed by atoms with Crippen LogP contribution < -0.4 is 5.32 Å². The molecule has 2 aliphatic rings. The molecular formula is C19H38N2. The molecule has 0 aromatic carbocycles. The maximum absolute atomic E-state index is 3.84.